The number of epoxide rings is 1. The second kappa shape index (κ2) is 2.83. The largest absolute Gasteiger partial charge is 0.467 e. The van der Waals surface area contributed by atoms with Crippen LogP contribution in [0.4, 0.5) is 0 Å². The number of rotatable bonds is 1. The summed E-state index contributed by atoms with van der Waals surface area (Å²) >= 11 is 0. The van der Waals surface area contributed by atoms with Gasteiger partial charge in [-0.15, -0.1) is 0 Å². The van der Waals surface area contributed by atoms with Gasteiger partial charge in [0.05, 0.1) is 7.11 Å². The highest BCUT2D eigenvalue weighted by atomic mass is 16.7. The van der Waals surface area contributed by atoms with Crippen molar-refractivity contribution in [3.63, 3.8) is 0 Å². The molecule has 0 aromatic heterocycles. The molecule has 1 aromatic rings. The van der Waals surface area contributed by atoms with Gasteiger partial charge in [-0.3, -0.25) is 0 Å². The van der Waals surface area contributed by atoms with Crippen LogP contribution in [0.15, 0.2) is 24.3 Å². The van der Waals surface area contributed by atoms with Crippen LogP contribution in [0.25, 0.3) is 0 Å². The third kappa shape index (κ3) is 1.07. The number of methoxy groups -OCH3 is 1. The highest BCUT2D eigenvalue weighted by Crippen LogP contribution is 2.56. The van der Waals surface area contributed by atoms with E-state index in [9.17, 15) is 4.79 Å². The van der Waals surface area contributed by atoms with Crippen LogP contribution in [-0.4, -0.2) is 18.7 Å². The molecule has 1 aliphatic heterocycles. The smallest absolute Gasteiger partial charge is 0.341 e. The lowest BCUT2D eigenvalue weighted by atomic mass is 9.84. The Bertz CT molecular complexity index is 427. The van der Waals surface area contributed by atoms with E-state index in [1.54, 1.807) is 0 Å². The minimum atomic E-state index is -0.664. The number of hydrogen-bond acceptors (Lipinski definition) is 3. The van der Waals surface area contributed by atoms with Crippen LogP contribution in [0.1, 0.15) is 23.7 Å². The van der Waals surface area contributed by atoms with Crippen LogP contribution in [-0.2, 0) is 20.7 Å². The monoisotopic (exact) mass is 204 g/mol. The van der Waals surface area contributed by atoms with E-state index in [0.717, 1.165) is 18.4 Å². The van der Waals surface area contributed by atoms with Gasteiger partial charge in [0.2, 0.25) is 0 Å². The van der Waals surface area contributed by atoms with E-state index >= 15 is 0 Å². The SMILES string of the molecule is COC(=O)[C@]12CCc3ccccc3[C@@H]1O2. The van der Waals surface area contributed by atoms with Crippen molar-refractivity contribution in [2.45, 2.75) is 24.5 Å². The summed E-state index contributed by atoms with van der Waals surface area (Å²) in [7, 11) is 1.41. The first-order valence-corrected chi connectivity index (χ1v) is 5.12. The van der Waals surface area contributed by atoms with Gasteiger partial charge < -0.3 is 9.47 Å². The number of benzene rings is 1. The standard InChI is InChI=1S/C12H12O3/c1-14-11(13)12-7-6-8-4-2-3-5-9(8)10(12)15-12/h2-5,10H,6-7H2,1H3/t10-,12-/m0/s1. The number of carbonyl (C=O) groups is 1. The van der Waals surface area contributed by atoms with Gasteiger partial charge in [-0.2, -0.15) is 0 Å². The Hall–Kier alpha value is -1.35. The molecule has 3 rings (SSSR count). The molecule has 2 atom stereocenters. The van der Waals surface area contributed by atoms with E-state index in [-0.39, 0.29) is 12.1 Å². The molecule has 1 aromatic carbocycles. The first-order chi connectivity index (χ1) is 7.28. The van der Waals surface area contributed by atoms with Crippen LogP contribution in [0.5, 0.6) is 0 Å². The number of aryl methyl sites for hydroxylation is 1. The summed E-state index contributed by atoms with van der Waals surface area (Å²) in [6.45, 7) is 0. The molecular weight excluding hydrogens is 192 g/mol. The minimum Gasteiger partial charge on any atom is -0.467 e. The molecule has 0 bridgehead atoms. The number of hydrogen-bond donors (Lipinski definition) is 0. The van der Waals surface area contributed by atoms with E-state index in [1.165, 1.54) is 12.7 Å². The predicted molar refractivity (Wildman–Crippen MR) is 53.3 cm³/mol. The molecule has 0 unspecified atom stereocenters. The summed E-state index contributed by atoms with van der Waals surface area (Å²) in [6, 6.07) is 8.13. The summed E-state index contributed by atoms with van der Waals surface area (Å²) in [6.07, 6.45) is 1.55. The van der Waals surface area contributed by atoms with E-state index in [1.807, 2.05) is 18.2 Å². The van der Waals surface area contributed by atoms with Crippen molar-refractivity contribution >= 4 is 5.97 Å². The molecule has 0 radical (unpaired) electrons. The lowest BCUT2D eigenvalue weighted by molar-refractivity contribution is -0.147. The van der Waals surface area contributed by atoms with Crippen LogP contribution < -0.4 is 0 Å². The fraction of sp³-hybridized carbons (Fsp3) is 0.417. The van der Waals surface area contributed by atoms with Crippen molar-refractivity contribution in [1.82, 2.24) is 0 Å². The fourth-order valence-corrected chi connectivity index (χ4v) is 2.45. The van der Waals surface area contributed by atoms with Crippen LogP contribution in [0.2, 0.25) is 0 Å². The van der Waals surface area contributed by atoms with Crippen LogP contribution in [0, 0.1) is 0 Å². The molecular formula is C12H12O3. The highest BCUT2D eigenvalue weighted by Gasteiger charge is 2.65. The second-order valence-electron chi connectivity index (χ2n) is 4.08. The first kappa shape index (κ1) is 8.92. The molecule has 15 heavy (non-hydrogen) atoms. The summed E-state index contributed by atoms with van der Waals surface area (Å²) in [5.74, 6) is -0.234. The Balaban J connectivity index is 1.98. The molecule has 0 spiro atoms. The van der Waals surface area contributed by atoms with E-state index in [4.69, 9.17) is 9.47 Å². The van der Waals surface area contributed by atoms with Crippen molar-refractivity contribution < 1.29 is 14.3 Å². The van der Waals surface area contributed by atoms with Gasteiger partial charge in [-0.05, 0) is 24.0 Å². The number of ether oxygens (including phenoxy) is 2. The fourth-order valence-electron chi connectivity index (χ4n) is 2.45. The lowest BCUT2D eigenvalue weighted by Gasteiger charge is -2.17. The van der Waals surface area contributed by atoms with Crippen molar-refractivity contribution in [2.75, 3.05) is 7.11 Å². The van der Waals surface area contributed by atoms with Crippen molar-refractivity contribution in [1.29, 1.82) is 0 Å². The molecule has 2 aliphatic rings. The van der Waals surface area contributed by atoms with Gasteiger partial charge in [0.25, 0.3) is 0 Å². The number of carbonyl (C=O) groups excluding carboxylic acids is 1. The average molecular weight is 204 g/mol. The van der Waals surface area contributed by atoms with Crippen LogP contribution in [0.3, 0.4) is 0 Å². The third-order valence-electron chi connectivity index (χ3n) is 3.33. The molecule has 1 heterocycles. The first-order valence-electron chi connectivity index (χ1n) is 5.12. The zero-order chi connectivity index (χ0) is 10.5. The topological polar surface area (TPSA) is 38.8 Å². The molecule has 1 saturated heterocycles. The number of fused-ring (bicyclic) bond motifs is 3. The maximum absolute atomic E-state index is 11.6. The van der Waals surface area contributed by atoms with Gasteiger partial charge in [-0.1, -0.05) is 24.3 Å². The predicted octanol–water partition coefficient (Wildman–Crippen LogP) is 1.62. The molecule has 3 heteroatoms. The summed E-state index contributed by atoms with van der Waals surface area (Å²) in [5.41, 5.74) is 1.78. The maximum atomic E-state index is 11.6. The Morgan fingerprint density at radius 1 is 1.53 bits per heavy atom. The Kier molecular flexibility index (Phi) is 1.68. The molecule has 1 fully saturated rings. The van der Waals surface area contributed by atoms with E-state index < -0.39 is 5.60 Å². The molecule has 1 aliphatic carbocycles. The van der Waals surface area contributed by atoms with E-state index in [0.29, 0.717) is 0 Å². The molecule has 0 N–H and O–H groups in total. The highest BCUT2D eigenvalue weighted by molar-refractivity contribution is 5.84. The molecule has 0 amide bonds. The van der Waals surface area contributed by atoms with Gasteiger partial charge in [0.15, 0.2) is 5.60 Å². The van der Waals surface area contributed by atoms with Crippen molar-refractivity contribution in [3.05, 3.63) is 35.4 Å². The van der Waals surface area contributed by atoms with Crippen molar-refractivity contribution in [3.8, 4) is 0 Å². The third-order valence-corrected chi connectivity index (χ3v) is 3.33. The summed E-state index contributed by atoms with van der Waals surface area (Å²) in [4.78, 5) is 11.6. The molecule has 78 valence electrons. The molecule has 0 saturated carbocycles. The molecule has 3 nitrogen and oxygen atoms in total. The average Bonchev–Trinajstić information content (AvgIpc) is 3.04. The summed E-state index contributed by atoms with van der Waals surface area (Å²) in [5, 5.41) is 0. The van der Waals surface area contributed by atoms with Crippen molar-refractivity contribution in [2.24, 2.45) is 0 Å². The van der Waals surface area contributed by atoms with Gasteiger partial charge >= 0.3 is 5.97 Å². The van der Waals surface area contributed by atoms with Gasteiger partial charge in [0, 0.05) is 0 Å². The minimum absolute atomic E-state index is 0.0742. The quantitative estimate of drug-likeness (QED) is 0.515. The lowest BCUT2D eigenvalue weighted by Crippen LogP contribution is -2.30. The normalized spacial score (nSPS) is 31.4. The Labute approximate surface area is 88.0 Å². The van der Waals surface area contributed by atoms with Crippen LogP contribution >= 0.6 is 0 Å². The zero-order valence-electron chi connectivity index (χ0n) is 8.53. The summed E-state index contributed by atoms with van der Waals surface area (Å²) < 4.78 is 10.4. The number of esters is 1. The van der Waals surface area contributed by atoms with Gasteiger partial charge in [-0.25, -0.2) is 4.79 Å². The van der Waals surface area contributed by atoms with E-state index in [2.05, 4.69) is 6.07 Å². The Morgan fingerprint density at radius 2 is 2.33 bits per heavy atom. The maximum Gasteiger partial charge on any atom is 0.341 e. The van der Waals surface area contributed by atoms with Gasteiger partial charge in [0.1, 0.15) is 6.10 Å². The second-order valence-corrected chi connectivity index (χ2v) is 4.08. The Morgan fingerprint density at radius 3 is 3.13 bits per heavy atom. The zero-order valence-corrected chi connectivity index (χ0v) is 8.53.